The fraction of sp³-hybridized carbons (Fsp3) is 0.143. The highest BCUT2D eigenvalue weighted by Crippen LogP contribution is 2.25. The largest absolute Gasteiger partial charge is 0.326 e. The van der Waals surface area contributed by atoms with Gasteiger partial charge in [-0.15, -0.1) is 0 Å². The zero-order valence-corrected chi connectivity index (χ0v) is 10.1. The van der Waals surface area contributed by atoms with Crippen LogP contribution in [0.5, 0.6) is 0 Å². The third-order valence-electron chi connectivity index (χ3n) is 3.11. The lowest BCUT2D eigenvalue weighted by molar-refractivity contribution is 1.05. The van der Waals surface area contributed by atoms with Crippen LogP contribution in [-0.4, -0.2) is 15.2 Å². The van der Waals surface area contributed by atoms with E-state index in [-0.39, 0.29) is 0 Å². The van der Waals surface area contributed by atoms with Crippen LogP contribution in [0, 0.1) is 6.92 Å². The minimum absolute atomic E-state index is 0.508. The van der Waals surface area contributed by atoms with Crippen molar-refractivity contribution in [2.75, 3.05) is 0 Å². The molecule has 3 rings (SSSR count). The molecule has 0 fully saturated rings. The van der Waals surface area contributed by atoms with E-state index >= 15 is 0 Å². The van der Waals surface area contributed by atoms with Crippen molar-refractivity contribution in [3.8, 4) is 11.1 Å². The lowest BCUT2D eigenvalue weighted by Crippen LogP contribution is -1.96. The van der Waals surface area contributed by atoms with Crippen molar-refractivity contribution in [3.63, 3.8) is 0 Å². The molecule has 2 heterocycles. The van der Waals surface area contributed by atoms with Crippen molar-refractivity contribution in [2.45, 2.75) is 13.5 Å². The van der Waals surface area contributed by atoms with E-state index in [0.717, 1.165) is 33.3 Å². The van der Waals surface area contributed by atoms with Gasteiger partial charge in [-0.25, -0.2) is 0 Å². The van der Waals surface area contributed by atoms with Crippen molar-refractivity contribution in [1.29, 1.82) is 0 Å². The summed E-state index contributed by atoms with van der Waals surface area (Å²) in [5.74, 6) is 0. The molecule has 0 radical (unpaired) electrons. The Morgan fingerprint density at radius 3 is 2.89 bits per heavy atom. The van der Waals surface area contributed by atoms with Gasteiger partial charge < -0.3 is 5.73 Å². The number of aryl methyl sites for hydroxylation is 1. The van der Waals surface area contributed by atoms with Crippen molar-refractivity contribution in [3.05, 3.63) is 47.9 Å². The highest BCUT2D eigenvalue weighted by molar-refractivity contribution is 5.86. The molecule has 4 heteroatoms. The minimum atomic E-state index is 0.508. The van der Waals surface area contributed by atoms with Crippen LogP contribution >= 0.6 is 0 Å². The first-order chi connectivity index (χ1) is 8.78. The summed E-state index contributed by atoms with van der Waals surface area (Å²) in [4.78, 5) is 4.22. The number of nitrogens with one attached hydrogen (secondary N) is 1. The van der Waals surface area contributed by atoms with Crippen LogP contribution in [0.2, 0.25) is 0 Å². The van der Waals surface area contributed by atoms with Gasteiger partial charge >= 0.3 is 0 Å². The van der Waals surface area contributed by atoms with Gasteiger partial charge in [0.2, 0.25) is 0 Å². The average Bonchev–Trinajstić information content (AvgIpc) is 2.80. The summed E-state index contributed by atoms with van der Waals surface area (Å²) < 4.78 is 0. The first-order valence-electron chi connectivity index (χ1n) is 5.87. The van der Waals surface area contributed by atoms with E-state index in [1.165, 1.54) is 0 Å². The number of aromatic nitrogens is 3. The van der Waals surface area contributed by atoms with Crippen molar-refractivity contribution in [2.24, 2.45) is 5.73 Å². The van der Waals surface area contributed by atoms with Gasteiger partial charge in [-0.05, 0) is 36.2 Å². The summed E-state index contributed by atoms with van der Waals surface area (Å²) in [6, 6.07) is 8.28. The van der Waals surface area contributed by atoms with Gasteiger partial charge in [-0.3, -0.25) is 10.1 Å². The number of H-pyrrole nitrogens is 1. The third-order valence-corrected chi connectivity index (χ3v) is 3.11. The maximum Gasteiger partial charge on any atom is 0.0924 e. The number of fused-ring (bicyclic) bond motifs is 1. The topological polar surface area (TPSA) is 67.6 Å². The number of benzene rings is 1. The first-order valence-corrected chi connectivity index (χ1v) is 5.87. The van der Waals surface area contributed by atoms with E-state index in [1.54, 1.807) is 6.20 Å². The highest BCUT2D eigenvalue weighted by atomic mass is 15.1. The Kier molecular flexibility index (Phi) is 2.57. The van der Waals surface area contributed by atoms with Crippen LogP contribution in [0.1, 0.15) is 11.3 Å². The molecule has 3 N–H and O–H groups in total. The summed E-state index contributed by atoms with van der Waals surface area (Å²) in [6.45, 7) is 2.53. The lowest BCUT2D eigenvalue weighted by atomic mass is 10.0. The average molecular weight is 238 g/mol. The molecule has 1 aromatic carbocycles. The van der Waals surface area contributed by atoms with E-state index in [1.807, 2.05) is 19.2 Å². The van der Waals surface area contributed by atoms with Gasteiger partial charge in [-0.2, -0.15) is 5.10 Å². The number of nitrogens with two attached hydrogens (primary N) is 1. The van der Waals surface area contributed by atoms with Gasteiger partial charge in [0.1, 0.15) is 0 Å². The van der Waals surface area contributed by atoms with E-state index in [2.05, 4.69) is 33.4 Å². The molecule has 0 aliphatic rings. The number of aromatic amines is 1. The Hall–Kier alpha value is -2.20. The molecule has 0 saturated heterocycles. The second-order valence-corrected chi connectivity index (χ2v) is 4.37. The SMILES string of the molecule is Cc1[nH]nc2ccc(-c3cncc(CN)c3)cc12. The van der Waals surface area contributed by atoms with E-state index < -0.39 is 0 Å². The molecule has 90 valence electrons. The molecule has 0 atom stereocenters. The monoisotopic (exact) mass is 238 g/mol. The second-order valence-electron chi connectivity index (χ2n) is 4.37. The summed E-state index contributed by atoms with van der Waals surface area (Å²) >= 11 is 0. The van der Waals surface area contributed by atoms with Gasteiger partial charge in [0, 0.05) is 35.6 Å². The zero-order valence-electron chi connectivity index (χ0n) is 10.1. The standard InChI is InChI=1S/C14H14N4/c1-9-13-5-11(2-3-14(13)18-17-9)12-4-10(6-15)7-16-8-12/h2-5,7-8H,6,15H2,1H3,(H,17,18). The number of rotatable bonds is 2. The maximum atomic E-state index is 5.64. The van der Waals surface area contributed by atoms with Crippen molar-refractivity contribution < 1.29 is 0 Å². The number of nitrogens with zero attached hydrogens (tertiary/aromatic N) is 2. The molecule has 4 nitrogen and oxygen atoms in total. The molecule has 18 heavy (non-hydrogen) atoms. The summed E-state index contributed by atoms with van der Waals surface area (Å²) in [5.41, 5.74) is 11.0. The molecule has 0 amide bonds. The predicted molar refractivity (Wildman–Crippen MR) is 72.0 cm³/mol. The van der Waals surface area contributed by atoms with Crippen LogP contribution in [0.25, 0.3) is 22.0 Å². The number of pyridine rings is 1. The molecule has 0 aliphatic carbocycles. The molecule has 0 unspecified atom stereocenters. The molecule has 0 bridgehead atoms. The fourth-order valence-corrected chi connectivity index (χ4v) is 2.07. The predicted octanol–water partition coefficient (Wildman–Crippen LogP) is 2.39. The molecule has 2 aromatic heterocycles. The van der Waals surface area contributed by atoms with Crippen LogP contribution in [0.3, 0.4) is 0 Å². The minimum Gasteiger partial charge on any atom is -0.326 e. The number of hydrogen-bond acceptors (Lipinski definition) is 3. The molecule has 0 spiro atoms. The fourth-order valence-electron chi connectivity index (χ4n) is 2.07. The quantitative estimate of drug-likeness (QED) is 0.720. The Balaban J connectivity index is 2.15. The Bertz CT molecular complexity index is 700. The molecular weight excluding hydrogens is 224 g/mol. The Labute approximate surface area is 105 Å². The number of hydrogen-bond donors (Lipinski definition) is 2. The van der Waals surface area contributed by atoms with Crippen LogP contribution in [0.4, 0.5) is 0 Å². The molecule has 3 aromatic rings. The van der Waals surface area contributed by atoms with Gasteiger partial charge in [-0.1, -0.05) is 6.07 Å². The van der Waals surface area contributed by atoms with Gasteiger partial charge in [0.25, 0.3) is 0 Å². The summed E-state index contributed by atoms with van der Waals surface area (Å²) in [5, 5.41) is 8.36. The molecular formula is C14H14N4. The Morgan fingerprint density at radius 2 is 2.06 bits per heavy atom. The normalized spacial score (nSPS) is 11.0. The van der Waals surface area contributed by atoms with Crippen LogP contribution in [0.15, 0.2) is 36.7 Å². The molecule has 0 aliphatic heterocycles. The smallest absolute Gasteiger partial charge is 0.0924 e. The van der Waals surface area contributed by atoms with Crippen molar-refractivity contribution >= 4 is 10.9 Å². The second kappa shape index (κ2) is 4.23. The summed E-state index contributed by atoms with van der Waals surface area (Å²) in [7, 11) is 0. The maximum absolute atomic E-state index is 5.64. The Morgan fingerprint density at radius 1 is 1.17 bits per heavy atom. The van der Waals surface area contributed by atoms with Crippen LogP contribution in [-0.2, 0) is 6.54 Å². The first kappa shape index (κ1) is 10.9. The summed E-state index contributed by atoms with van der Waals surface area (Å²) in [6.07, 6.45) is 3.65. The van der Waals surface area contributed by atoms with Crippen molar-refractivity contribution in [1.82, 2.24) is 15.2 Å². The highest BCUT2D eigenvalue weighted by Gasteiger charge is 2.05. The van der Waals surface area contributed by atoms with E-state index in [4.69, 9.17) is 5.73 Å². The zero-order chi connectivity index (χ0) is 12.5. The molecule has 0 saturated carbocycles. The lowest BCUT2D eigenvalue weighted by Gasteiger charge is -2.03. The van der Waals surface area contributed by atoms with Crippen LogP contribution < -0.4 is 5.73 Å². The van der Waals surface area contributed by atoms with E-state index in [0.29, 0.717) is 6.54 Å². The van der Waals surface area contributed by atoms with Gasteiger partial charge in [0.05, 0.1) is 5.52 Å². The van der Waals surface area contributed by atoms with E-state index in [9.17, 15) is 0 Å². The van der Waals surface area contributed by atoms with Gasteiger partial charge in [0.15, 0.2) is 0 Å². The third kappa shape index (κ3) is 1.76.